The molecular formula is C43H69NO11. The highest BCUT2D eigenvalue weighted by atomic mass is 16.7. The van der Waals surface area contributed by atoms with Crippen molar-refractivity contribution < 1.29 is 53.4 Å². The molecule has 12 heteroatoms. The lowest BCUT2D eigenvalue weighted by Crippen LogP contribution is -2.64. The number of carbonyl (C=O) groups is 4. The van der Waals surface area contributed by atoms with E-state index in [4.69, 9.17) is 18.9 Å². The van der Waals surface area contributed by atoms with E-state index in [0.29, 0.717) is 38.5 Å². The molecule has 0 aromatic rings. The maximum absolute atomic E-state index is 14.3. The minimum Gasteiger partial charge on any atom is -0.456 e. The monoisotopic (exact) mass is 775 g/mol. The SMILES string of the molecule is CC[C@@H]1/C=C(\C)C[C@H](C)C[C@H](OC)[C@H]2O[C@@](O)(C(=O)C(=O)N3CCCC[C@H]3C(=O)O[C@H](/C(C)=C/[C@H]3CCCC(O)CC3)[C@H](C)[C@@H](O)CC1=O)[C@H](C)C[C@@H]2OC. The van der Waals surface area contributed by atoms with Gasteiger partial charge in [0.2, 0.25) is 5.79 Å². The van der Waals surface area contributed by atoms with Gasteiger partial charge in [0.15, 0.2) is 0 Å². The predicted octanol–water partition coefficient (Wildman–Crippen LogP) is 5.24. The van der Waals surface area contributed by atoms with Gasteiger partial charge in [0.05, 0.1) is 24.4 Å². The smallest absolute Gasteiger partial charge is 0.329 e. The number of hydrogen-bond donors (Lipinski definition) is 3. The predicted molar refractivity (Wildman–Crippen MR) is 207 cm³/mol. The molecule has 0 spiro atoms. The largest absolute Gasteiger partial charge is 0.456 e. The number of ether oxygens (including phenoxy) is 4. The second kappa shape index (κ2) is 20.3. The first-order valence-corrected chi connectivity index (χ1v) is 20.8. The van der Waals surface area contributed by atoms with E-state index < -0.39 is 77.8 Å². The van der Waals surface area contributed by atoms with Crippen LogP contribution in [0.4, 0.5) is 0 Å². The normalized spacial score (nSPS) is 41.0. The van der Waals surface area contributed by atoms with Crippen LogP contribution >= 0.6 is 0 Å². The van der Waals surface area contributed by atoms with Crippen molar-refractivity contribution in [2.24, 2.45) is 29.6 Å². The molecule has 3 aliphatic heterocycles. The summed E-state index contributed by atoms with van der Waals surface area (Å²) in [7, 11) is 3.07. The second-order valence-electron chi connectivity index (χ2n) is 17.2. The van der Waals surface area contributed by atoms with Gasteiger partial charge in [-0.3, -0.25) is 14.4 Å². The number of methoxy groups -OCH3 is 2. The molecule has 55 heavy (non-hydrogen) atoms. The molecule has 2 bridgehead atoms. The number of ketones is 2. The Hall–Kier alpha value is -2.48. The first kappa shape index (κ1) is 45.2. The van der Waals surface area contributed by atoms with Gasteiger partial charge in [-0.2, -0.15) is 0 Å². The van der Waals surface area contributed by atoms with E-state index in [9.17, 15) is 34.5 Å². The van der Waals surface area contributed by atoms with Crippen LogP contribution < -0.4 is 0 Å². The summed E-state index contributed by atoms with van der Waals surface area (Å²) in [6, 6.07) is -1.11. The van der Waals surface area contributed by atoms with Gasteiger partial charge in [0.1, 0.15) is 24.0 Å². The van der Waals surface area contributed by atoms with Crippen molar-refractivity contribution in [3.8, 4) is 0 Å². The van der Waals surface area contributed by atoms with E-state index in [1.54, 1.807) is 13.8 Å². The highest BCUT2D eigenvalue weighted by Gasteiger charge is 2.56. The summed E-state index contributed by atoms with van der Waals surface area (Å²) in [5.74, 6) is -7.21. The molecule has 2 saturated heterocycles. The lowest BCUT2D eigenvalue weighted by Gasteiger charge is -2.47. The zero-order valence-corrected chi connectivity index (χ0v) is 34.5. The number of rotatable bonds is 5. The van der Waals surface area contributed by atoms with Crippen molar-refractivity contribution in [1.82, 2.24) is 4.90 Å². The van der Waals surface area contributed by atoms with Crippen molar-refractivity contribution in [2.75, 3.05) is 20.8 Å². The van der Waals surface area contributed by atoms with Crippen LogP contribution in [-0.4, -0.2) is 113 Å². The molecular weight excluding hydrogens is 706 g/mol. The maximum atomic E-state index is 14.3. The number of cyclic esters (lactones) is 1. The third-order valence-electron chi connectivity index (χ3n) is 12.8. The average Bonchev–Trinajstić information content (AvgIpc) is 3.37. The lowest BCUT2D eigenvalue weighted by atomic mass is 9.82. The number of fused-ring (bicyclic) bond motifs is 3. The Kier molecular flexibility index (Phi) is 16.7. The Morgan fingerprint density at radius 1 is 0.945 bits per heavy atom. The van der Waals surface area contributed by atoms with Gasteiger partial charge in [-0.25, -0.2) is 4.79 Å². The Morgan fingerprint density at radius 3 is 2.31 bits per heavy atom. The lowest BCUT2D eigenvalue weighted by molar-refractivity contribution is -0.302. The maximum Gasteiger partial charge on any atom is 0.329 e. The van der Waals surface area contributed by atoms with Crippen LogP contribution in [0.25, 0.3) is 0 Å². The van der Waals surface area contributed by atoms with Crippen LogP contribution in [0.3, 0.4) is 0 Å². The van der Waals surface area contributed by atoms with Gasteiger partial charge in [-0.05, 0) is 102 Å². The van der Waals surface area contributed by atoms with Gasteiger partial charge in [-0.1, -0.05) is 51.8 Å². The van der Waals surface area contributed by atoms with Gasteiger partial charge < -0.3 is 39.2 Å². The molecule has 0 aromatic heterocycles. The van der Waals surface area contributed by atoms with Crippen molar-refractivity contribution in [3.05, 3.63) is 23.3 Å². The molecule has 4 aliphatic rings. The Balaban J connectivity index is 1.76. The standard InChI is InChI=1S/C43H69NO11/c1-9-31-20-25(2)19-26(3)21-36(52-7)39-37(53-8)23-28(5)43(51,55-39)40(48)41(49)44-18-11-10-15-33(44)42(50)54-38(29(6)34(46)24-35(31)47)27(4)22-30-13-12-14-32(45)17-16-30/h20,22,26,28-34,36-39,45-46,51H,9-19,21,23-24H2,1-8H3/b25-20+,27-22+/t26-,28+,29+,30-,31+,32?,33-,34-,36-,37-,38+,39+,43+/m0/s1. The third kappa shape index (κ3) is 11.1. The number of amides is 1. The molecule has 0 aromatic carbocycles. The number of aliphatic hydroxyl groups is 3. The molecule has 0 radical (unpaired) electrons. The Labute approximate surface area is 328 Å². The van der Waals surface area contributed by atoms with E-state index >= 15 is 0 Å². The average molecular weight is 776 g/mol. The minimum absolute atomic E-state index is 0.0453. The van der Waals surface area contributed by atoms with Crippen LogP contribution in [0.2, 0.25) is 0 Å². The van der Waals surface area contributed by atoms with Crippen LogP contribution in [0, 0.1) is 29.6 Å². The molecule has 312 valence electrons. The highest BCUT2D eigenvalue weighted by molar-refractivity contribution is 6.39. The molecule has 1 amide bonds. The fourth-order valence-electron chi connectivity index (χ4n) is 9.32. The quantitative estimate of drug-likeness (QED) is 0.145. The van der Waals surface area contributed by atoms with E-state index in [-0.39, 0.29) is 49.5 Å². The zero-order chi connectivity index (χ0) is 40.6. The fourth-order valence-corrected chi connectivity index (χ4v) is 9.32. The number of nitrogens with zero attached hydrogens (tertiary/aromatic N) is 1. The van der Waals surface area contributed by atoms with E-state index in [2.05, 4.69) is 13.0 Å². The van der Waals surface area contributed by atoms with Crippen molar-refractivity contribution in [2.45, 2.75) is 173 Å². The molecule has 12 nitrogen and oxygen atoms in total. The highest BCUT2D eigenvalue weighted by Crippen LogP contribution is 2.39. The summed E-state index contributed by atoms with van der Waals surface area (Å²) in [5.41, 5.74) is 1.73. The number of aliphatic hydroxyl groups excluding tert-OH is 2. The van der Waals surface area contributed by atoms with Gasteiger partial charge in [0, 0.05) is 44.9 Å². The second-order valence-corrected chi connectivity index (χ2v) is 17.2. The van der Waals surface area contributed by atoms with Crippen LogP contribution in [0.15, 0.2) is 23.3 Å². The summed E-state index contributed by atoms with van der Waals surface area (Å²) in [6.45, 7) is 11.4. The molecule has 3 fully saturated rings. The first-order valence-electron chi connectivity index (χ1n) is 20.8. The van der Waals surface area contributed by atoms with E-state index in [1.807, 2.05) is 26.8 Å². The summed E-state index contributed by atoms with van der Waals surface area (Å²) in [4.78, 5) is 57.6. The van der Waals surface area contributed by atoms with Crippen molar-refractivity contribution in [1.29, 1.82) is 0 Å². The van der Waals surface area contributed by atoms with Crippen LogP contribution in [0.5, 0.6) is 0 Å². The van der Waals surface area contributed by atoms with Gasteiger partial charge >= 0.3 is 5.97 Å². The van der Waals surface area contributed by atoms with Crippen molar-refractivity contribution >= 4 is 23.4 Å². The molecule has 4 rings (SSSR count). The summed E-state index contributed by atoms with van der Waals surface area (Å²) in [6.07, 6.45) is 6.70. The number of esters is 1. The summed E-state index contributed by atoms with van der Waals surface area (Å²) >= 11 is 0. The van der Waals surface area contributed by atoms with Crippen LogP contribution in [-0.2, 0) is 38.1 Å². The zero-order valence-electron chi connectivity index (χ0n) is 34.5. The number of Topliss-reactive ketones (excluding diaryl/α,β-unsaturated/α-hetero) is 2. The van der Waals surface area contributed by atoms with E-state index in [0.717, 1.165) is 36.8 Å². The summed E-state index contributed by atoms with van der Waals surface area (Å²) < 4.78 is 24.2. The van der Waals surface area contributed by atoms with E-state index in [1.165, 1.54) is 19.1 Å². The fraction of sp³-hybridized carbons (Fsp3) is 0.814. The molecule has 3 N–H and O–H groups in total. The van der Waals surface area contributed by atoms with Crippen LogP contribution in [0.1, 0.15) is 125 Å². The molecule has 13 atom stereocenters. The number of carbonyl (C=O) groups excluding carboxylic acids is 4. The minimum atomic E-state index is -2.49. The topological polar surface area (TPSA) is 169 Å². The molecule has 3 heterocycles. The Morgan fingerprint density at radius 2 is 1.64 bits per heavy atom. The third-order valence-corrected chi connectivity index (χ3v) is 12.8. The number of hydrogen-bond acceptors (Lipinski definition) is 11. The number of allylic oxidation sites excluding steroid dienone is 3. The molecule has 1 unspecified atom stereocenters. The van der Waals surface area contributed by atoms with Gasteiger partial charge in [-0.15, -0.1) is 0 Å². The van der Waals surface area contributed by atoms with Crippen molar-refractivity contribution in [3.63, 3.8) is 0 Å². The van der Waals surface area contributed by atoms with Gasteiger partial charge in [0.25, 0.3) is 11.7 Å². The first-order chi connectivity index (χ1) is 26.0. The number of piperidine rings is 1. The molecule has 1 saturated carbocycles. The summed E-state index contributed by atoms with van der Waals surface area (Å²) in [5, 5.41) is 33.9. The molecule has 1 aliphatic carbocycles. The Bertz CT molecular complexity index is 1400.